The van der Waals surface area contributed by atoms with E-state index in [9.17, 15) is 0 Å². The average Bonchev–Trinajstić information content (AvgIpc) is 3.12. The SMILES string of the molecule is CCNC(=S)NCc1ccc(-c2nc(-c3ccccc3)cs2)cc1. The van der Waals surface area contributed by atoms with Gasteiger partial charge in [-0.3, -0.25) is 0 Å². The van der Waals surface area contributed by atoms with E-state index >= 15 is 0 Å². The van der Waals surface area contributed by atoms with E-state index in [0.29, 0.717) is 5.11 Å². The van der Waals surface area contributed by atoms with Gasteiger partial charge in [-0.25, -0.2) is 4.98 Å². The van der Waals surface area contributed by atoms with Crippen molar-refractivity contribution in [3.63, 3.8) is 0 Å². The van der Waals surface area contributed by atoms with Crippen molar-refractivity contribution < 1.29 is 0 Å². The molecule has 0 amide bonds. The van der Waals surface area contributed by atoms with Crippen LogP contribution in [0.25, 0.3) is 21.8 Å². The summed E-state index contributed by atoms with van der Waals surface area (Å²) in [5.74, 6) is 0. The molecular formula is C19H19N3S2. The summed E-state index contributed by atoms with van der Waals surface area (Å²) >= 11 is 6.84. The number of rotatable bonds is 5. The lowest BCUT2D eigenvalue weighted by molar-refractivity contribution is 0.855. The zero-order valence-corrected chi connectivity index (χ0v) is 15.1. The second-order valence-corrected chi connectivity index (χ2v) is 6.58. The first kappa shape index (κ1) is 16.6. The van der Waals surface area contributed by atoms with Crippen molar-refractivity contribution in [2.75, 3.05) is 6.54 Å². The molecule has 5 heteroatoms. The van der Waals surface area contributed by atoms with Gasteiger partial charge in [0.15, 0.2) is 5.11 Å². The lowest BCUT2D eigenvalue weighted by Crippen LogP contribution is -2.34. The van der Waals surface area contributed by atoms with Crippen molar-refractivity contribution in [1.29, 1.82) is 0 Å². The number of thiocarbonyl (C=S) groups is 1. The molecule has 0 radical (unpaired) electrons. The number of nitrogens with zero attached hydrogens (tertiary/aromatic N) is 1. The van der Waals surface area contributed by atoms with E-state index in [4.69, 9.17) is 17.2 Å². The molecule has 3 rings (SSSR count). The molecule has 0 saturated carbocycles. The van der Waals surface area contributed by atoms with Crippen molar-refractivity contribution in [1.82, 2.24) is 15.6 Å². The maximum Gasteiger partial charge on any atom is 0.166 e. The summed E-state index contributed by atoms with van der Waals surface area (Å²) in [6.07, 6.45) is 0. The molecule has 0 bridgehead atoms. The summed E-state index contributed by atoms with van der Waals surface area (Å²) in [5, 5.41) is 10.1. The molecule has 0 aliphatic carbocycles. The van der Waals surface area contributed by atoms with Crippen LogP contribution < -0.4 is 10.6 Å². The van der Waals surface area contributed by atoms with E-state index in [-0.39, 0.29) is 0 Å². The standard InChI is InChI=1S/C19H19N3S2/c1-2-20-19(23)21-12-14-8-10-16(11-9-14)18-22-17(13-24-18)15-6-4-3-5-7-15/h3-11,13H,2,12H2,1H3,(H2,20,21,23). The van der Waals surface area contributed by atoms with Crippen LogP contribution in [0.4, 0.5) is 0 Å². The largest absolute Gasteiger partial charge is 0.363 e. The number of thiazole rings is 1. The fraction of sp³-hybridized carbons (Fsp3) is 0.158. The Morgan fingerprint density at radius 1 is 1.00 bits per heavy atom. The van der Waals surface area contributed by atoms with Crippen molar-refractivity contribution >= 4 is 28.7 Å². The van der Waals surface area contributed by atoms with Gasteiger partial charge in [-0.1, -0.05) is 54.6 Å². The van der Waals surface area contributed by atoms with Gasteiger partial charge >= 0.3 is 0 Å². The summed E-state index contributed by atoms with van der Waals surface area (Å²) in [4.78, 5) is 4.75. The Morgan fingerprint density at radius 2 is 1.75 bits per heavy atom. The molecule has 0 fully saturated rings. The van der Waals surface area contributed by atoms with Gasteiger partial charge in [0.2, 0.25) is 0 Å². The fourth-order valence-electron chi connectivity index (χ4n) is 2.32. The molecule has 1 aromatic heterocycles. The summed E-state index contributed by atoms with van der Waals surface area (Å²) in [5.41, 5.74) is 4.51. The van der Waals surface area contributed by atoms with E-state index < -0.39 is 0 Å². The molecule has 122 valence electrons. The molecule has 0 spiro atoms. The van der Waals surface area contributed by atoms with Crippen LogP contribution in [0.3, 0.4) is 0 Å². The Hall–Kier alpha value is -2.24. The Balaban J connectivity index is 1.68. The minimum absolute atomic E-state index is 0.689. The minimum Gasteiger partial charge on any atom is -0.363 e. The van der Waals surface area contributed by atoms with Crippen LogP contribution in [-0.4, -0.2) is 16.6 Å². The topological polar surface area (TPSA) is 37.0 Å². The first-order valence-corrected chi connectivity index (χ1v) is 9.17. The molecule has 0 unspecified atom stereocenters. The normalized spacial score (nSPS) is 10.4. The zero-order valence-electron chi connectivity index (χ0n) is 13.5. The van der Waals surface area contributed by atoms with Gasteiger partial charge in [0.25, 0.3) is 0 Å². The Labute approximate surface area is 151 Å². The van der Waals surface area contributed by atoms with Gasteiger partial charge in [-0.2, -0.15) is 0 Å². The maximum absolute atomic E-state index is 5.17. The van der Waals surface area contributed by atoms with Gasteiger partial charge in [-0.15, -0.1) is 11.3 Å². The third-order valence-corrected chi connectivity index (χ3v) is 4.75. The molecular weight excluding hydrogens is 334 g/mol. The molecule has 0 aliphatic rings. The zero-order chi connectivity index (χ0) is 16.8. The molecule has 2 aromatic carbocycles. The van der Waals surface area contributed by atoms with Crippen LogP contribution in [0.1, 0.15) is 12.5 Å². The number of hydrogen-bond acceptors (Lipinski definition) is 3. The predicted molar refractivity (Wildman–Crippen MR) is 106 cm³/mol. The summed E-state index contributed by atoms with van der Waals surface area (Å²) in [7, 11) is 0. The molecule has 0 aliphatic heterocycles. The van der Waals surface area contributed by atoms with Crippen LogP contribution >= 0.6 is 23.6 Å². The first-order valence-electron chi connectivity index (χ1n) is 7.88. The quantitative estimate of drug-likeness (QED) is 0.664. The van der Waals surface area contributed by atoms with Crippen LogP contribution in [0, 0.1) is 0 Å². The molecule has 24 heavy (non-hydrogen) atoms. The first-order chi connectivity index (χ1) is 11.8. The minimum atomic E-state index is 0.689. The molecule has 2 N–H and O–H groups in total. The molecule has 1 heterocycles. The third kappa shape index (κ3) is 4.19. The highest BCUT2D eigenvalue weighted by molar-refractivity contribution is 7.80. The van der Waals surface area contributed by atoms with Gasteiger partial charge in [0.1, 0.15) is 5.01 Å². The van der Waals surface area contributed by atoms with Crippen molar-refractivity contribution in [3.8, 4) is 21.8 Å². The van der Waals surface area contributed by atoms with Crippen molar-refractivity contribution in [2.24, 2.45) is 0 Å². The lowest BCUT2D eigenvalue weighted by atomic mass is 10.1. The molecule has 3 nitrogen and oxygen atoms in total. The molecule has 0 atom stereocenters. The smallest absolute Gasteiger partial charge is 0.166 e. The van der Waals surface area contributed by atoms with Crippen LogP contribution in [0.15, 0.2) is 60.0 Å². The van der Waals surface area contributed by atoms with E-state index in [0.717, 1.165) is 34.9 Å². The molecule has 0 saturated heterocycles. The van der Waals surface area contributed by atoms with Gasteiger partial charge in [-0.05, 0) is 24.7 Å². The Morgan fingerprint density at radius 3 is 2.46 bits per heavy atom. The maximum atomic E-state index is 5.17. The van der Waals surface area contributed by atoms with E-state index in [1.54, 1.807) is 11.3 Å². The Bertz CT molecular complexity index is 795. The van der Waals surface area contributed by atoms with Crippen LogP contribution in [0.2, 0.25) is 0 Å². The molecule has 3 aromatic rings. The van der Waals surface area contributed by atoms with E-state index in [2.05, 4.69) is 52.4 Å². The number of aromatic nitrogens is 1. The van der Waals surface area contributed by atoms with Crippen LogP contribution in [0.5, 0.6) is 0 Å². The Kier molecular flexibility index (Phi) is 5.56. The highest BCUT2D eigenvalue weighted by atomic mass is 32.1. The second-order valence-electron chi connectivity index (χ2n) is 5.31. The highest BCUT2D eigenvalue weighted by Crippen LogP contribution is 2.28. The lowest BCUT2D eigenvalue weighted by Gasteiger charge is -2.08. The third-order valence-electron chi connectivity index (χ3n) is 3.57. The second kappa shape index (κ2) is 8.04. The number of hydrogen-bond donors (Lipinski definition) is 2. The highest BCUT2D eigenvalue weighted by Gasteiger charge is 2.06. The number of benzene rings is 2. The van der Waals surface area contributed by atoms with Gasteiger partial charge < -0.3 is 10.6 Å². The number of nitrogens with one attached hydrogen (secondary N) is 2. The predicted octanol–water partition coefficient (Wildman–Crippen LogP) is 4.46. The van der Waals surface area contributed by atoms with Gasteiger partial charge in [0.05, 0.1) is 5.69 Å². The van der Waals surface area contributed by atoms with Crippen molar-refractivity contribution in [3.05, 3.63) is 65.5 Å². The van der Waals surface area contributed by atoms with E-state index in [1.165, 1.54) is 5.56 Å². The monoisotopic (exact) mass is 353 g/mol. The average molecular weight is 354 g/mol. The summed E-state index contributed by atoms with van der Waals surface area (Å²) in [6.45, 7) is 3.58. The van der Waals surface area contributed by atoms with E-state index in [1.807, 2.05) is 25.1 Å². The summed E-state index contributed by atoms with van der Waals surface area (Å²) in [6, 6.07) is 18.7. The van der Waals surface area contributed by atoms with Gasteiger partial charge in [0, 0.05) is 29.6 Å². The fourth-order valence-corrected chi connectivity index (χ4v) is 3.37. The van der Waals surface area contributed by atoms with Crippen LogP contribution in [-0.2, 0) is 6.54 Å². The van der Waals surface area contributed by atoms with Crippen molar-refractivity contribution in [2.45, 2.75) is 13.5 Å². The summed E-state index contributed by atoms with van der Waals surface area (Å²) < 4.78 is 0.